The Morgan fingerprint density at radius 2 is 1.70 bits per heavy atom. The highest BCUT2D eigenvalue weighted by molar-refractivity contribution is 6.10. The molecule has 11 heteroatoms. The van der Waals surface area contributed by atoms with Gasteiger partial charge in [0, 0.05) is 28.9 Å². The summed E-state index contributed by atoms with van der Waals surface area (Å²) in [5.74, 6) is -5.11. The SMILES string of the molecule is COC(=O)C(C)=CCC12OC(C)(C)C1C1CC(C(C(C#N)C#N)C3C(=O)c4c(c(CC=C(C)C)c5c6c4OC(=O)CC6=CC(C)(CCC=C(C)C)O5)OC13)C2O. The van der Waals surface area contributed by atoms with Crippen LogP contribution in [0.5, 0.6) is 17.2 Å². The lowest BCUT2D eigenvalue weighted by Gasteiger charge is -2.71. The molecule has 1 saturated heterocycles. The second kappa shape index (κ2) is 14.0. The van der Waals surface area contributed by atoms with Crippen molar-refractivity contribution in [2.24, 2.45) is 35.5 Å². The van der Waals surface area contributed by atoms with Crippen LogP contribution in [-0.2, 0) is 25.5 Å². The highest BCUT2D eigenvalue weighted by atomic mass is 16.6. The van der Waals surface area contributed by atoms with Gasteiger partial charge in [-0.05, 0) is 105 Å². The Bertz CT molecular complexity index is 2090. The van der Waals surface area contributed by atoms with Crippen LogP contribution in [0.4, 0.5) is 0 Å². The molecule has 0 spiro atoms. The fourth-order valence-corrected chi connectivity index (χ4v) is 10.9. The number of allylic oxidation sites excluding steroid dienone is 4. The molecule has 0 radical (unpaired) electrons. The molecule has 2 aliphatic carbocycles. The van der Waals surface area contributed by atoms with Crippen molar-refractivity contribution in [2.75, 3.05) is 7.11 Å². The summed E-state index contributed by atoms with van der Waals surface area (Å²) in [5, 5.41) is 33.2. The van der Waals surface area contributed by atoms with Gasteiger partial charge in [-0.2, -0.15) is 10.5 Å². The zero-order valence-electron chi connectivity index (χ0n) is 33.8. The van der Waals surface area contributed by atoms with Crippen molar-refractivity contribution in [3.8, 4) is 29.4 Å². The molecule has 6 aliphatic rings. The molecule has 1 aromatic rings. The van der Waals surface area contributed by atoms with Crippen LogP contribution in [0.3, 0.4) is 0 Å². The second-order valence-electron chi connectivity index (χ2n) is 17.8. The summed E-state index contributed by atoms with van der Waals surface area (Å²) in [6.07, 6.45) is 8.24. The third-order valence-electron chi connectivity index (χ3n) is 13.0. The fraction of sp³-hybridized carbons (Fsp3) is 0.578. The zero-order chi connectivity index (χ0) is 40.6. The molecule has 1 N–H and O–H groups in total. The van der Waals surface area contributed by atoms with E-state index in [-0.39, 0.29) is 47.5 Å². The van der Waals surface area contributed by atoms with E-state index in [1.807, 2.05) is 54.5 Å². The van der Waals surface area contributed by atoms with Gasteiger partial charge in [0.1, 0.15) is 40.3 Å². The van der Waals surface area contributed by atoms with Crippen LogP contribution in [0.1, 0.15) is 109 Å². The molecule has 7 rings (SSSR count). The Morgan fingerprint density at radius 3 is 2.32 bits per heavy atom. The Hall–Kier alpha value is -4.71. The van der Waals surface area contributed by atoms with Crippen molar-refractivity contribution < 1.29 is 43.2 Å². The maximum atomic E-state index is 15.5. The number of benzene rings is 1. The van der Waals surface area contributed by atoms with Crippen LogP contribution in [0.25, 0.3) is 5.57 Å². The van der Waals surface area contributed by atoms with E-state index in [9.17, 15) is 25.2 Å². The number of hydrogen-bond donors (Lipinski definition) is 1. The Morgan fingerprint density at radius 1 is 1.00 bits per heavy atom. The van der Waals surface area contributed by atoms with Crippen molar-refractivity contribution in [3.63, 3.8) is 0 Å². The maximum Gasteiger partial charge on any atom is 0.333 e. The normalized spacial score (nSPS) is 32.8. The summed E-state index contributed by atoms with van der Waals surface area (Å²) in [4.78, 5) is 41.3. The highest BCUT2D eigenvalue weighted by Gasteiger charge is 2.75. The average Bonchev–Trinajstić information content (AvgIpc) is 3.12. The molecule has 3 fully saturated rings. The molecule has 1 aromatic carbocycles. The first kappa shape index (κ1) is 39.5. The zero-order valence-corrected chi connectivity index (χ0v) is 33.8. The van der Waals surface area contributed by atoms with Gasteiger partial charge in [0.05, 0.1) is 48.9 Å². The number of aliphatic hydroxyl groups excluding tert-OH is 1. The minimum absolute atomic E-state index is 0.0101. The Labute approximate surface area is 329 Å². The predicted octanol–water partition coefficient (Wildman–Crippen LogP) is 7.31. The molecule has 11 nitrogen and oxygen atoms in total. The maximum absolute atomic E-state index is 15.5. The number of fused-ring (bicyclic) bond motifs is 8. The van der Waals surface area contributed by atoms with Crippen molar-refractivity contribution >= 4 is 23.3 Å². The van der Waals surface area contributed by atoms with Crippen LogP contribution < -0.4 is 14.2 Å². The lowest BCUT2D eigenvalue weighted by atomic mass is 9.44. The molecule has 4 aliphatic heterocycles. The van der Waals surface area contributed by atoms with Crippen molar-refractivity contribution in [1.82, 2.24) is 0 Å². The lowest BCUT2D eigenvalue weighted by Crippen LogP contribution is -2.80. The molecule has 4 heterocycles. The van der Waals surface area contributed by atoms with Crippen LogP contribution in [-0.4, -0.2) is 58.9 Å². The second-order valence-corrected chi connectivity index (χ2v) is 17.8. The van der Waals surface area contributed by atoms with Gasteiger partial charge in [-0.25, -0.2) is 4.79 Å². The number of rotatable bonds is 9. The van der Waals surface area contributed by atoms with Gasteiger partial charge in [0.15, 0.2) is 11.5 Å². The number of ether oxygens (including phenoxy) is 5. The van der Waals surface area contributed by atoms with E-state index in [0.29, 0.717) is 41.7 Å². The largest absolute Gasteiger partial charge is 0.488 e. The van der Waals surface area contributed by atoms with Crippen LogP contribution in [0.15, 0.2) is 41.0 Å². The smallest absolute Gasteiger partial charge is 0.333 e. The van der Waals surface area contributed by atoms with Gasteiger partial charge < -0.3 is 28.8 Å². The number of nitriles is 2. The monoisotopic (exact) mass is 764 g/mol. The average molecular weight is 765 g/mol. The summed E-state index contributed by atoms with van der Waals surface area (Å²) in [6.45, 7) is 15.6. The summed E-state index contributed by atoms with van der Waals surface area (Å²) in [6, 6.07) is 4.26. The van der Waals surface area contributed by atoms with Crippen molar-refractivity contribution in [2.45, 2.75) is 123 Å². The fourth-order valence-electron chi connectivity index (χ4n) is 10.9. The van der Waals surface area contributed by atoms with E-state index < -0.39 is 64.6 Å². The number of ketones is 1. The number of nitrogens with zero attached hydrogens (tertiary/aromatic N) is 2. The van der Waals surface area contributed by atoms with E-state index >= 15 is 4.79 Å². The quantitative estimate of drug-likeness (QED) is 0.116. The minimum Gasteiger partial charge on any atom is -0.488 e. The number of hydrogen-bond acceptors (Lipinski definition) is 11. The summed E-state index contributed by atoms with van der Waals surface area (Å²) >= 11 is 0. The van der Waals surface area contributed by atoms with E-state index in [1.165, 1.54) is 12.7 Å². The summed E-state index contributed by atoms with van der Waals surface area (Å²) in [5.41, 5.74) is 1.95. The van der Waals surface area contributed by atoms with Gasteiger partial charge in [0.2, 0.25) is 0 Å². The molecule has 2 saturated carbocycles. The third-order valence-corrected chi connectivity index (χ3v) is 13.0. The van der Waals surface area contributed by atoms with E-state index in [1.54, 1.807) is 13.0 Å². The van der Waals surface area contributed by atoms with Gasteiger partial charge >= 0.3 is 11.9 Å². The number of carbonyl (C=O) groups is 3. The third kappa shape index (κ3) is 6.10. The summed E-state index contributed by atoms with van der Waals surface area (Å²) < 4.78 is 31.8. The van der Waals surface area contributed by atoms with Crippen LogP contribution in [0, 0.1) is 58.2 Å². The van der Waals surface area contributed by atoms with E-state index in [0.717, 1.165) is 17.6 Å². The van der Waals surface area contributed by atoms with Gasteiger partial charge in [-0.3, -0.25) is 9.59 Å². The Kier molecular flexibility index (Phi) is 9.91. The molecule has 0 aromatic heterocycles. The minimum atomic E-state index is -1.27. The predicted molar refractivity (Wildman–Crippen MR) is 205 cm³/mol. The van der Waals surface area contributed by atoms with Crippen LogP contribution >= 0.6 is 0 Å². The number of Topliss-reactive ketones (excluding diaryl/α,β-unsaturated/α-hetero) is 1. The number of aliphatic hydroxyl groups is 1. The number of methoxy groups -OCH3 is 1. The first-order valence-corrected chi connectivity index (χ1v) is 19.7. The molecule has 0 amide bonds. The van der Waals surface area contributed by atoms with Crippen molar-refractivity contribution in [1.29, 1.82) is 10.5 Å². The molecule has 9 atom stereocenters. The topological polar surface area (TPSA) is 165 Å². The molecule has 2 bridgehead atoms. The lowest BCUT2D eigenvalue weighted by molar-refractivity contribution is -0.391. The van der Waals surface area contributed by atoms with E-state index in [4.69, 9.17) is 23.7 Å². The molecular weight excluding hydrogens is 712 g/mol. The standard InChI is InChI=1S/C45H52N2O9/c1-22(2)11-10-15-44(8)19-25-17-30(48)53-39-32(25)38(55-44)27(13-12-23(3)4)36-34(39)35(49)33-31(26(20-46)21-47)28-18-29(37(33)54-36)40-43(6,7)56-45(40,41(28)50)16-14-24(5)42(51)52-9/h11-12,14,19,26,28-29,31,33,37,40-41,50H,10,13,15-18H2,1-9H3. The molecular formula is C45H52N2O9. The first-order chi connectivity index (χ1) is 26.4. The number of carbonyl (C=O) groups excluding carboxylic acids is 3. The van der Waals surface area contributed by atoms with E-state index in [2.05, 4.69) is 24.3 Å². The Balaban J connectivity index is 1.44. The van der Waals surface area contributed by atoms with Crippen molar-refractivity contribution in [3.05, 3.63) is 57.7 Å². The van der Waals surface area contributed by atoms with Gasteiger partial charge in [-0.15, -0.1) is 0 Å². The number of esters is 2. The molecule has 296 valence electrons. The van der Waals surface area contributed by atoms with Gasteiger partial charge in [-0.1, -0.05) is 29.4 Å². The molecule has 9 unspecified atom stereocenters. The first-order valence-electron chi connectivity index (χ1n) is 19.7. The molecule has 56 heavy (non-hydrogen) atoms. The summed E-state index contributed by atoms with van der Waals surface area (Å²) in [7, 11) is 1.30. The van der Waals surface area contributed by atoms with Gasteiger partial charge in [0.25, 0.3) is 0 Å². The van der Waals surface area contributed by atoms with Crippen LogP contribution in [0.2, 0.25) is 0 Å². The highest BCUT2D eigenvalue weighted by Crippen LogP contribution is 2.68.